The van der Waals surface area contributed by atoms with Crippen molar-refractivity contribution in [2.45, 2.75) is 233 Å². The highest BCUT2D eigenvalue weighted by molar-refractivity contribution is 5.69. The third-order valence-electron chi connectivity index (χ3n) is 9.73. The molecule has 286 valence electrons. The van der Waals surface area contributed by atoms with Crippen LogP contribution in [-0.4, -0.2) is 60.4 Å². The molecule has 0 aliphatic carbocycles. The molecular formula is C42H83NO5. The second-order valence-electron chi connectivity index (χ2n) is 14.6. The molecule has 0 aliphatic heterocycles. The molecule has 0 saturated carbocycles. The highest BCUT2D eigenvalue weighted by Gasteiger charge is 2.15. The van der Waals surface area contributed by atoms with E-state index in [-0.39, 0.29) is 30.8 Å². The summed E-state index contributed by atoms with van der Waals surface area (Å²) in [5.74, 6) is -0.0700. The number of carbonyl (C=O) groups is 2. The Morgan fingerprint density at radius 1 is 0.479 bits per heavy atom. The van der Waals surface area contributed by atoms with Crippen molar-refractivity contribution in [2.24, 2.45) is 0 Å². The van der Waals surface area contributed by atoms with Gasteiger partial charge in [0.2, 0.25) is 0 Å². The van der Waals surface area contributed by atoms with Crippen LogP contribution in [0.5, 0.6) is 0 Å². The van der Waals surface area contributed by atoms with Crippen LogP contribution in [0.25, 0.3) is 0 Å². The molecule has 48 heavy (non-hydrogen) atoms. The van der Waals surface area contributed by atoms with Gasteiger partial charge in [-0.05, 0) is 84.2 Å². The molecule has 6 heteroatoms. The molecule has 0 saturated heterocycles. The first kappa shape index (κ1) is 46.9. The maximum absolute atomic E-state index is 12.7. The van der Waals surface area contributed by atoms with Crippen molar-refractivity contribution < 1.29 is 24.2 Å². The van der Waals surface area contributed by atoms with Crippen molar-refractivity contribution in [2.75, 3.05) is 26.2 Å². The molecule has 1 N–H and O–H groups in total. The van der Waals surface area contributed by atoms with Crippen LogP contribution in [0.15, 0.2) is 0 Å². The van der Waals surface area contributed by atoms with Gasteiger partial charge in [0.05, 0.1) is 12.7 Å². The highest BCUT2D eigenvalue weighted by atomic mass is 16.5. The lowest BCUT2D eigenvalue weighted by molar-refractivity contribution is -0.150. The molecule has 1 atom stereocenters. The monoisotopic (exact) mass is 682 g/mol. The largest absolute Gasteiger partial charge is 0.463 e. The fourth-order valence-corrected chi connectivity index (χ4v) is 6.58. The van der Waals surface area contributed by atoms with Crippen molar-refractivity contribution in [3.8, 4) is 0 Å². The predicted octanol–water partition coefficient (Wildman–Crippen LogP) is 11.9. The summed E-state index contributed by atoms with van der Waals surface area (Å²) in [5, 5.41) is 9.52. The van der Waals surface area contributed by atoms with Gasteiger partial charge in [0.1, 0.15) is 6.10 Å². The van der Waals surface area contributed by atoms with Gasteiger partial charge in [0, 0.05) is 19.4 Å². The average molecular weight is 682 g/mol. The van der Waals surface area contributed by atoms with Crippen molar-refractivity contribution in [1.82, 2.24) is 4.90 Å². The second kappa shape index (κ2) is 37.1. The van der Waals surface area contributed by atoms with E-state index in [1.807, 2.05) is 6.92 Å². The molecule has 0 radical (unpaired) electrons. The molecule has 0 bridgehead atoms. The number of hydrogen-bond acceptors (Lipinski definition) is 6. The Hall–Kier alpha value is -1.14. The van der Waals surface area contributed by atoms with Gasteiger partial charge in [-0.3, -0.25) is 9.59 Å². The Morgan fingerprint density at radius 2 is 0.854 bits per heavy atom. The normalized spacial score (nSPS) is 12.2. The summed E-state index contributed by atoms with van der Waals surface area (Å²) in [7, 11) is 0. The fourth-order valence-electron chi connectivity index (χ4n) is 6.58. The van der Waals surface area contributed by atoms with Crippen LogP contribution in [0.4, 0.5) is 0 Å². The number of ether oxygens (including phenoxy) is 2. The number of esters is 2. The number of carbonyl (C=O) groups excluding carboxylic acids is 2. The van der Waals surface area contributed by atoms with Crippen LogP contribution in [-0.2, 0) is 19.1 Å². The van der Waals surface area contributed by atoms with Crippen LogP contribution in [0.3, 0.4) is 0 Å². The first-order valence-corrected chi connectivity index (χ1v) is 21.2. The summed E-state index contributed by atoms with van der Waals surface area (Å²) < 4.78 is 11.6. The van der Waals surface area contributed by atoms with Gasteiger partial charge in [-0.2, -0.15) is 0 Å². The minimum absolute atomic E-state index is 0.00207. The Bertz CT molecular complexity index is 671. The minimum atomic E-state index is -0.0720. The van der Waals surface area contributed by atoms with E-state index >= 15 is 0 Å². The van der Waals surface area contributed by atoms with E-state index in [9.17, 15) is 14.7 Å². The zero-order chi connectivity index (χ0) is 35.3. The first-order valence-electron chi connectivity index (χ1n) is 21.2. The summed E-state index contributed by atoms with van der Waals surface area (Å²) in [6.45, 7) is 11.5. The minimum Gasteiger partial charge on any atom is -0.463 e. The van der Waals surface area contributed by atoms with Crippen LogP contribution in [0.1, 0.15) is 220 Å². The van der Waals surface area contributed by atoms with E-state index in [0.29, 0.717) is 19.4 Å². The third kappa shape index (κ3) is 33.4. The van der Waals surface area contributed by atoms with Crippen molar-refractivity contribution in [3.05, 3.63) is 0 Å². The van der Waals surface area contributed by atoms with Gasteiger partial charge in [0.25, 0.3) is 0 Å². The molecule has 0 heterocycles. The number of nitrogens with zero attached hydrogens (tertiary/aromatic N) is 1. The molecule has 0 aromatic heterocycles. The number of aliphatic hydroxyl groups is 1. The lowest BCUT2D eigenvalue weighted by Gasteiger charge is -2.21. The molecule has 0 aromatic carbocycles. The molecule has 0 rings (SSSR count). The summed E-state index contributed by atoms with van der Waals surface area (Å²) in [5.41, 5.74) is 0. The van der Waals surface area contributed by atoms with Gasteiger partial charge >= 0.3 is 11.9 Å². The molecule has 6 nitrogen and oxygen atoms in total. The molecule has 0 amide bonds. The Kier molecular flexibility index (Phi) is 36.2. The quantitative estimate of drug-likeness (QED) is 0.0516. The Labute approximate surface area is 299 Å². The van der Waals surface area contributed by atoms with E-state index in [2.05, 4.69) is 25.7 Å². The van der Waals surface area contributed by atoms with Gasteiger partial charge in [-0.25, -0.2) is 0 Å². The average Bonchev–Trinajstić information content (AvgIpc) is 3.07. The lowest BCUT2D eigenvalue weighted by atomic mass is 10.0. The summed E-state index contributed by atoms with van der Waals surface area (Å²) in [6, 6.07) is 0. The van der Waals surface area contributed by atoms with Gasteiger partial charge in [0.15, 0.2) is 0 Å². The van der Waals surface area contributed by atoms with Gasteiger partial charge in [-0.1, -0.05) is 136 Å². The van der Waals surface area contributed by atoms with E-state index in [4.69, 9.17) is 9.47 Å². The molecule has 0 fully saturated rings. The van der Waals surface area contributed by atoms with E-state index in [1.54, 1.807) is 0 Å². The van der Waals surface area contributed by atoms with E-state index in [0.717, 1.165) is 83.7 Å². The Morgan fingerprint density at radius 3 is 1.35 bits per heavy atom. The molecule has 0 spiro atoms. The topological polar surface area (TPSA) is 76.1 Å². The standard InChI is InChI=1S/C42H83NO5/c1-5-8-11-14-18-23-30-39(4)47-41(45)34-27-29-36-43(37-38-44)35-28-22-17-21-26-33-42(46)48-40(31-24-19-15-12-9-6-2)32-25-20-16-13-10-7-3/h39-40,44H,5-38H2,1-4H3. The number of rotatable bonds is 38. The van der Waals surface area contributed by atoms with Crippen molar-refractivity contribution in [3.63, 3.8) is 0 Å². The molecule has 0 aromatic rings. The third-order valence-corrected chi connectivity index (χ3v) is 9.73. The van der Waals surface area contributed by atoms with Crippen LogP contribution in [0, 0.1) is 0 Å². The second-order valence-corrected chi connectivity index (χ2v) is 14.6. The highest BCUT2D eigenvalue weighted by Crippen LogP contribution is 2.18. The van der Waals surface area contributed by atoms with Crippen molar-refractivity contribution >= 4 is 11.9 Å². The SMILES string of the molecule is CCCCCCCCC(C)OC(=O)CCCCN(CCO)CCCCCCCC(=O)OC(CCCCCCCC)CCCCCCCC. The number of aliphatic hydroxyl groups excluding tert-OH is 1. The molecule has 0 aliphatic rings. The van der Waals surface area contributed by atoms with Crippen LogP contribution >= 0.6 is 0 Å². The van der Waals surface area contributed by atoms with Crippen LogP contribution < -0.4 is 0 Å². The zero-order valence-corrected chi connectivity index (χ0v) is 32.7. The Balaban J connectivity index is 4.08. The maximum Gasteiger partial charge on any atom is 0.306 e. The summed E-state index contributed by atoms with van der Waals surface area (Å²) in [6.07, 6.45) is 34.2. The van der Waals surface area contributed by atoms with Crippen molar-refractivity contribution in [1.29, 1.82) is 0 Å². The zero-order valence-electron chi connectivity index (χ0n) is 32.7. The van der Waals surface area contributed by atoms with E-state index in [1.165, 1.54) is 109 Å². The lowest BCUT2D eigenvalue weighted by Crippen LogP contribution is -2.29. The summed E-state index contributed by atoms with van der Waals surface area (Å²) >= 11 is 0. The predicted molar refractivity (Wildman–Crippen MR) is 204 cm³/mol. The fraction of sp³-hybridized carbons (Fsp3) is 0.952. The van der Waals surface area contributed by atoms with Gasteiger partial charge < -0.3 is 19.5 Å². The van der Waals surface area contributed by atoms with Crippen LogP contribution in [0.2, 0.25) is 0 Å². The van der Waals surface area contributed by atoms with Gasteiger partial charge in [-0.15, -0.1) is 0 Å². The number of hydrogen-bond donors (Lipinski definition) is 1. The maximum atomic E-state index is 12.7. The first-order chi connectivity index (χ1) is 23.5. The molecule has 1 unspecified atom stereocenters. The summed E-state index contributed by atoms with van der Waals surface area (Å²) in [4.78, 5) is 27.2. The molecular weight excluding hydrogens is 598 g/mol. The number of unbranched alkanes of at least 4 members (excludes halogenated alkanes) is 20. The smallest absolute Gasteiger partial charge is 0.306 e. The van der Waals surface area contributed by atoms with E-state index < -0.39 is 0 Å².